The zero-order valence-corrected chi connectivity index (χ0v) is 17.1. The molecule has 1 aromatic carbocycles. The van der Waals surface area contributed by atoms with Crippen molar-refractivity contribution >= 4 is 16.8 Å². The second-order valence-electron chi connectivity index (χ2n) is 8.28. The van der Waals surface area contributed by atoms with Gasteiger partial charge in [0.1, 0.15) is 5.82 Å². The van der Waals surface area contributed by atoms with Crippen molar-refractivity contribution in [1.82, 2.24) is 19.9 Å². The van der Waals surface area contributed by atoms with Crippen molar-refractivity contribution < 1.29 is 4.79 Å². The second kappa shape index (κ2) is 6.72. The summed E-state index contributed by atoms with van der Waals surface area (Å²) < 4.78 is 0. The molecule has 0 saturated heterocycles. The molecule has 140 valence electrons. The van der Waals surface area contributed by atoms with Gasteiger partial charge in [-0.25, -0.2) is 15.0 Å². The minimum atomic E-state index is -0.115. The van der Waals surface area contributed by atoms with E-state index in [1.165, 1.54) is 0 Å². The molecule has 3 aromatic rings. The maximum atomic E-state index is 12.8. The molecule has 1 amide bonds. The summed E-state index contributed by atoms with van der Waals surface area (Å²) in [5, 5.41) is 0.898. The van der Waals surface area contributed by atoms with E-state index in [0.29, 0.717) is 11.3 Å². The van der Waals surface area contributed by atoms with Gasteiger partial charge >= 0.3 is 0 Å². The molecule has 27 heavy (non-hydrogen) atoms. The van der Waals surface area contributed by atoms with Crippen LogP contribution in [-0.2, 0) is 5.41 Å². The molecule has 2 heterocycles. The fourth-order valence-corrected chi connectivity index (χ4v) is 3.16. The zero-order chi connectivity index (χ0) is 19.9. The lowest BCUT2D eigenvalue weighted by molar-refractivity contribution is 0.0829. The van der Waals surface area contributed by atoms with Crippen molar-refractivity contribution in [2.45, 2.75) is 40.0 Å². The monoisotopic (exact) mass is 362 g/mol. The molecule has 5 nitrogen and oxygen atoms in total. The van der Waals surface area contributed by atoms with Crippen LogP contribution in [-0.4, -0.2) is 39.9 Å². The molecule has 0 unspecified atom stereocenters. The summed E-state index contributed by atoms with van der Waals surface area (Å²) in [7, 11) is 3.53. The van der Waals surface area contributed by atoms with Gasteiger partial charge in [-0.3, -0.25) is 4.79 Å². The summed E-state index contributed by atoms with van der Waals surface area (Å²) in [5.41, 5.74) is 5.03. The van der Waals surface area contributed by atoms with E-state index in [-0.39, 0.29) is 11.3 Å². The minimum absolute atomic E-state index is 0.0390. The number of hydrogen-bond donors (Lipinski definition) is 0. The number of amides is 1. The zero-order valence-electron chi connectivity index (χ0n) is 17.1. The Balaban J connectivity index is 2.24. The van der Waals surface area contributed by atoms with Crippen LogP contribution in [0.1, 0.15) is 48.1 Å². The number of carbonyl (C=O) groups is 1. The highest BCUT2D eigenvalue weighted by Crippen LogP contribution is 2.29. The number of pyridine rings is 1. The number of aryl methyl sites for hydroxylation is 2. The van der Waals surface area contributed by atoms with E-state index in [0.717, 1.165) is 33.4 Å². The van der Waals surface area contributed by atoms with E-state index in [1.807, 2.05) is 26.0 Å². The molecule has 0 fully saturated rings. The quantitative estimate of drug-likeness (QED) is 0.682. The van der Waals surface area contributed by atoms with Gasteiger partial charge in [0.2, 0.25) is 0 Å². The summed E-state index contributed by atoms with van der Waals surface area (Å²) in [6, 6.07) is 5.95. The number of carbonyl (C=O) groups excluding carboxylic acids is 1. The fourth-order valence-electron chi connectivity index (χ4n) is 3.16. The SMILES string of the molecule is Cc1cc(C)c2c(C(=O)N(C)C)cc(-c3cnc(C(C)(C)C)nc3)nc2c1. The Hall–Kier alpha value is -2.82. The highest BCUT2D eigenvalue weighted by molar-refractivity contribution is 6.08. The van der Waals surface area contributed by atoms with E-state index in [9.17, 15) is 4.79 Å². The lowest BCUT2D eigenvalue weighted by Crippen LogP contribution is -2.22. The predicted octanol–water partition coefficient (Wildman–Crippen LogP) is 4.31. The van der Waals surface area contributed by atoms with E-state index in [4.69, 9.17) is 4.98 Å². The summed E-state index contributed by atoms with van der Waals surface area (Å²) in [4.78, 5) is 28.2. The molecule has 0 aliphatic rings. The lowest BCUT2D eigenvalue weighted by Gasteiger charge is -2.17. The van der Waals surface area contributed by atoms with Crippen LogP contribution in [0.3, 0.4) is 0 Å². The van der Waals surface area contributed by atoms with E-state index < -0.39 is 0 Å². The van der Waals surface area contributed by atoms with E-state index in [1.54, 1.807) is 31.4 Å². The van der Waals surface area contributed by atoms with Crippen molar-refractivity contribution in [3.05, 3.63) is 53.1 Å². The molecular weight excluding hydrogens is 336 g/mol. The summed E-state index contributed by atoms with van der Waals surface area (Å²) in [5.74, 6) is 0.742. The smallest absolute Gasteiger partial charge is 0.254 e. The topological polar surface area (TPSA) is 59.0 Å². The van der Waals surface area contributed by atoms with Crippen LogP contribution in [0.25, 0.3) is 22.2 Å². The molecule has 0 spiro atoms. The van der Waals surface area contributed by atoms with Crippen LogP contribution in [0.4, 0.5) is 0 Å². The van der Waals surface area contributed by atoms with Crippen molar-refractivity contribution in [2.75, 3.05) is 14.1 Å². The number of hydrogen-bond acceptors (Lipinski definition) is 4. The van der Waals surface area contributed by atoms with Crippen molar-refractivity contribution in [3.63, 3.8) is 0 Å². The first-order valence-corrected chi connectivity index (χ1v) is 9.04. The molecule has 0 N–H and O–H groups in total. The number of aromatic nitrogens is 3. The van der Waals surface area contributed by atoms with Gasteiger partial charge in [-0.15, -0.1) is 0 Å². The van der Waals surface area contributed by atoms with Gasteiger partial charge in [0.05, 0.1) is 16.8 Å². The third-order valence-corrected chi connectivity index (χ3v) is 4.51. The molecule has 0 bridgehead atoms. The average Bonchev–Trinajstić information content (AvgIpc) is 2.59. The Morgan fingerprint density at radius 1 is 1.00 bits per heavy atom. The molecule has 3 rings (SSSR count). The Bertz CT molecular complexity index is 1020. The molecular formula is C22H26N4O. The standard InChI is InChI=1S/C22H26N4O/c1-13-8-14(2)19-16(20(27)26(6)7)10-17(25-18(19)9-13)15-11-23-21(24-12-15)22(3,4)5/h8-12H,1-7H3. The van der Waals surface area contributed by atoms with E-state index >= 15 is 0 Å². The van der Waals surface area contributed by atoms with Crippen LogP contribution in [0.5, 0.6) is 0 Å². The van der Waals surface area contributed by atoms with Crippen molar-refractivity contribution in [1.29, 1.82) is 0 Å². The van der Waals surface area contributed by atoms with Crippen LogP contribution in [0.15, 0.2) is 30.6 Å². The van der Waals surface area contributed by atoms with Crippen LogP contribution in [0, 0.1) is 13.8 Å². The highest BCUT2D eigenvalue weighted by Gasteiger charge is 2.19. The predicted molar refractivity (Wildman–Crippen MR) is 109 cm³/mol. The van der Waals surface area contributed by atoms with E-state index in [2.05, 4.69) is 36.8 Å². The molecule has 0 aliphatic heterocycles. The Kier molecular flexibility index (Phi) is 4.72. The summed E-state index contributed by atoms with van der Waals surface area (Å²) in [6.45, 7) is 10.3. The minimum Gasteiger partial charge on any atom is -0.345 e. The first kappa shape index (κ1) is 19.0. The number of rotatable bonds is 2. The lowest BCUT2D eigenvalue weighted by atomic mass is 9.95. The Morgan fingerprint density at radius 2 is 1.63 bits per heavy atom. The average molecular weight is 362 g/mol. The molecule has 0 radical (unpaired) electrons. The maximum Gasteiger partial charge on any atom is 0.254 e. The van der Waals surface area contributed by atoms with Gasteiger partial charge in [-0.05, 0) is 37.1 Å². The molecule has 0 saturated carbocycles. The van der Waals surface area contributed by atoms with Crippen molar-refractivity contribution in [3.8, 4) is 11.3 Å². The van der Waals surface area contributed by atoms with Gasteiger partial charge in [0.25, 0.3) is 5.91 Å². The van der Waals surface area contributed by atoms with Crippen molar-refractivity contribution in [2.24, 2.45) is 0 Å². The Morgan fingerprint density at radius 3 is 2.19 bits per heavy atom. The highest BCUT2D eigenvalue weighted by atomic mass is 16.2. The first-order valence-electron chi connectivity index (χ1n) is 9.04. The fraction of sp³-hybridized carbons (Fsp3) is 0.364. The first-order chi connectivity index (χ1) is 12.6. The molecule has 0 atom stereocenters. The van der Waals surface area contributed by atoms with Crippen LogP contribution >= 0.6 is 0 Å². The molecule has 2 aromatic heterocycles. The number of fused-ring (bicyclic) bond motifs is 1. The van der Waals surface area contributed by atoms with Gasteiger partial charge in [0.15, 0.2) is 0 Å². The largest absolute Gasteiger partial charge is 0.345 e. The van der Waals surface area contributed by atoms with Gasteiger partial charge in [-0.1, -0.05) is 26.8 Å². The van der Waals surface area contributed by atoms with Crippen LogP contribution in [0.2, 0.25) is 0 Å². The molecule has 0 aliphatic carbocycles. The summed E-state index contributed by atoms with van der Waals surface area (Å²) >= 11 is 0. The number of nitrogens with zero attached hydrogens (tertiary/aromatic N) is 4. The van der Waals surface area contributed by atoms with Gasteiger partial charge in [0, 0.05) is 42.9 Å². The molecule has 5 heteroatoms. The Labute approximate surface area is 160 Å². The van der Waals surface area contributed by atoms with Gasteiger partial charge < -0.3 is 4.90 Å². The maximum absolute atomic E-state index is 12.8. The third-order valence-electron chi connectivity index (χ3n) is 4.51. The number of benzene rings is 1. The van der Waals surface area contributed by atoms with Gasteiger partial charge in [-0.2, -0.15) is 0 Å². The third kappa shape index (κ3) is 3.68. The van der Waals surface area contributed by atoms with Crippen LogP contribution < -0.4 is 0 Å². The summed E-state index contributed by atoms with van der Waals surface area (Å²) in [6.07, 6.45) is 3.57. The normalized spacial score (nSPS) is 11.7. The second-order valence-corrected chi connectivity index (χ2v) is 8.28.